The van der Waals surface area contributed by atoms with Gasteiger partial charge in [-0.05, 0) is 26.3 Å². The third-order valence-corrected chi connectivity index (χ3v) is 7.17. The lowest BCUT2D eigenvalue weighted by molar-refractivity contribution is -0.120. The van der Waals surface area contributed by atoms with Crippen molar-refractivity contribution < 1.29 is 17.9 Å². The topological polar surface area (TPSA) is 75.7 Å². The summed E-state index contributed by atoms with van der Waals surface area (Å²) in [5.41, 5.74) is 1.16. The molecule has 2 rings (SSSR count). The van der Waals surface area contributed by atoms with Gasteiger partial charge in [0.15, 0.2) is 0 Å². The van der Waals surface area contributed by atoms with Crippen molar-refractivity contribution in [3.8, 4) is 0 Å². The predicted octanol–water partition coefficient (Wildman–Crippen LogP) is 1.86. The first-order valence-electron chi connectivity index (χ1n) is 8.84. The van der Waals surface area contributed by atoms with E-state index < -0.39 is 10.0 Å². The standard InChI is InChI=1S/C18H28N2O4S2/c1-14-11-20(12-15(2)24-14)26(22,23)10-9-19-18(21)16(3)25-13-17-7-5-4-6-8-17/h4-8,14-16H,9-13H2,1-3H3,(H,19,21). The first-order valence-corrected chi connectivity index (χ1v) is 11.5. The first-order chi connectivity index (χ1) is 12.3. The summed E-state index contributed by atoms with van der Waals surface area (Å²) in [5, 5.41) is 2.50. The Morgan fingerprint density at radius 1 is 1.27 bits per heavy atom. The molecule has 1 amide bonds. The van der Waals surface area contributed by atoms with Crippen LogP contribution in [-0.2, 0) is 25.3 Å². The van der Waals surface area contributed by atoms with E-state index >= 15 is 0 Å². The van der Waals surface area contributed by atoms with E-state index in [9.17, 15) is 13.2 Å². The summed E-state index contributed by atoms with van der Waals surface area (Å²) >= 11 is 1.54. The fourth-order valence-electron chi connectivity index (χ4n) is 2.81. The summed E-state index contributed by atoms with van der Waals surface area (Å²) in [5.74, 6) is 0.524. The Labute approximate surface area is 160 Å². The Hall–Kier alpha value is -1.09. The third-order valence-electron chi connectivity index (χ3n) is 4.15. The van der Waals surface area contributed by atoms with Crippen molar-refractivity contribution >= 4 is 27.7 Å². The highest BCUT2D eigenvalue weighted by Crippen LogP contribution is 2.18. The summed E-state index contributed by atoms with van der Waals surface area (Å²) in [7, 11) is -3.39. The van der Waals surface area contributed by atoms with Gasteiger partial charge >= 0.3 is 0 Å². The van der Waals surface area contributed by atoms with Crippen molar-refractivity contribution in [3.05, 3.63) is 35.9 Å². The number of nitrogens with one attached hydrogen (secondary N) is 1. The van der Waals surface area contributed by atoms with Gasteiger partial charge in [-0.1, -0.05) is 30.3 Å². The maximum Gasteiger partial charge on any atom is 0.232 e. The van der Waals surface area contributed by atoms with Crippen molar-refractivity contribution in [2.75, 3.05) is 25.4 Å². The van der Waals surface area contributed by atoms with Gasteiger partial charge in [0.1, 0.15) is 0 Å². The van der Waals surface area contributed by atoms with E-state index in [0.29, 0.717) is 13.1 Å². The number of benzene rings is 1. The SMILES string of the molecule is CC1CN(S(=O)(=O)CCNC(=O)C(C)SCc2ccccc2)CC(C)O1. The zero-order valence-electron chi connectivity index (χ0n) is 15.6. The summed E-state index contributed by atoms with van der Waals surface area (Å²) in [6.45, 7) is 6.42. The highest BCUT2D eigenvalue weighted by molar-refractivity contribution is 7.99. The molecule has 0 aliphatic carbocycles. The monoisotopic (exact) mass is 400 g/mol. The van der Waals surface area contributed by atoms with Crippen molar-refractivity contribution in [1.82, 2.24) is 9.62 Å². The van der Waals surface area contributed by atoms with E-state index in [4.69, 9.17) is 4.74 Å². The van der Waals surface area contributed by atoms with Gasteiger partial charge in [-0.25, -0.2) is 8.42 Å². The molecule has 1 aromatic rings. The van der Waals surface area contributed by atoms with Crippen LogP contribution in [0.2, 0.25) is 0 Å². The smallest absolute Gasteiger partial charge is 0.232 e. The van der Waals surface area contributed by atoms with Crippen LogP contribution in [0.3, 0.4) is 0 Å². The largest absolute Gasteiger partial charge is 0.373 e. The normalized spacial score (nSPS) is 22.7. The lowest BCUT2D eigenvalue weighted by atomic mass is 10.2. The van der Waals surface area contributed by atoms with E-state index in [-0.39, 0.29) is 35.7 Å². The zero-order chi connectivity index (χ0) is 19.2. The van der Waals surface area contributed by atoms with Crippen LogP contribution in [0, 0.1) is 0 Å². The van der Waals surface area contributed by atoms with E-state index in [0.717, 1.165) is 11.3 Å². The highest BCUT2D eigenvalue weighted by atomic mass is 32.2. The first kappa shape index (κ1) is 21.2. The molecule has 0 saturated carbocycles. The zero-order valence-corrected chi connectivity index (χ0v) is 17.2. The molecular weight excluding hydrogens is 372 g/mol. The third kappa shape index (κ3) is 6.57. The highest BCUT2D eigenvalue weighted by Gasteiger charge is 2.30. The molecule has 3 unspecified atom stereocenters. The number of rotatable bonds is 8. The summed E-state index contributed by atoms with van der Waals surface area (Å²) in [6, 6.07) is 9.95. The van der Waals surface area contributed by atoms with Crippen molar-refractivity contribution in [1.29, 1.82) is 0 Å². The minimum atomic E-state index is -3.39. The fraction of sp³-hybridized carbons (Fsp3) is 0.611. The number of morpholine rings is 1. The number of thioether (sulfide) groups is 1. The second-order valence-corrected chi connectivity index (χ2v) is 10.0. The Kier molecular flexibility index (Phi) is 7.94. The lowest BCUT2D eigenvalue weighted by Gasteiger charge is -2.34. The van der Waals surface area contributed by atoms with Gasteiger partial charge in [-0.3, -0.25) is 4.79 Å². The molecule has 0 bridgehead atoms. The Bertz CT molecular complexity index is 672. The number of nitrogens with zero attached hydrogens (tertiary/aromatic N) is 1. The molecule has 1 heterocycles. The molecule has 1 aromatic carbocycles. The lowest BCUT2D eigenvalue weighted by Crippen LogP contribution is -2.49. The van der Waals surface area contributed by atoms with E-state index in [1.54, 1.807) is 0 Å². The van der Waals surface area contributed by atoms with Crippen LogP contribution in [0.1, 0.15) is 26.3 Å². The van der Waals surface area contributed by atoms with Crippen LogP contribution >= 0.6 is 11.8 Å². The number of sulfonamides is 1. The van der Waals surface area contributed by atoms with E-state index in [1.165, 1.54) is 16.1 Å². The van der Waals surface area contributed by atoms with Crippen LogP contribution in [0.5, 0.6) is 0 Å². The number of amides is 1. The number of ether oxygens (including phenoxy) is 1. The molecule has 146 valence electrons. The molecule has 1 saturated heterocycles. The molecule has 0 aromatic heterocycles. The van der Waals surface area contributed by atoms with Crippen molar-refractivity contribution in [2.24, 2.45) is 0 Å². The van der Waals surface area contributed by atoms with Gasteiger partial charge in [-0.15, -0.1) is 11.8 Å². The maximum absolute atomic E-state index is 12.5. The van der Waals surface area contributed by atoms with Crippen molar-refractivity contribution in [2.45, 2.75) is 44.0 Å². The van der Waals surface area contributed by atoms with E-state index in [1.807, 2.05) is 51.1 Å². The van der Waals surface area contributed by atoms with Crippen LogP contribution in [0.4, 0.5) is 0 Å². The fourth-order valence-corrected chi connectivity index (χ4v) is 5.17. The maximum atomic E-state index is 12.5. The van der Waals surface area contributed by atoms with Gasteiger partial charge in [0.05, 0.1) is 23.2 Å². The molecular formula is C18H28N2O4S2. The van der Waals surface area contributed by atoms with Crippen LogP contribution in [0.15, 0.2) is 30.3 Å². The molecule has 8 heteroatoms. The molecule has 1 aliphatic rings. The van der Waals surface area contributed by atoms with Gasteiger partial charge in [0.25, 0.3) is 0 Å². The van der Waals surface area contributed by atoms with E-state index in [2.05, 4.69) is 5.32 Å². The van der Waals surface area contributed by atoms with Gasteiger partial charge in [0.2, 0.25) is 15.9 Å². The second-order valence-electron chi connectivity index (χ2n) is 6.62. The molecule has 1 N–H and O–H groups in total. The molecule has 0 spiro atoms. The number of hydrogen-bond acceptors (Lipinski definition) is 5. The quantitative estimate of drug-likeness (QED) is 0.721. The van der Waals surface area contributed by atoms with Crippen molar-refractivity contribution in [3.63, 3.8) is 0 Å². The molecule has 1 fully saturated rings. The van der Waals surface area contributed by atoms with Crippen LogP contribution < -0.4 is 5.32 Å². The predicted molar refractivity (Wildman–Crippen MR) is 106 cm³/mol. The summed E-state index contributed by atoms with van der Waals surface area (Å²) in [6.07, 6.45) is -0.227. The molecule has 1 aliphatic heterocycles. The second kappa shape index (κ2) is 9.73. The molecule has 0 radical (unpaired) electrons. The summed E-state index contributed by atoms with van der Waals surface area (Å²) < 4.78 is 31.9. The van der Waals surface area contributed by atoms with Gasteiger partial charge in [0, 0.05) is 25.4 Å². The average molecular weight is 401 g/mol. The molecule has 6 nitrogen and oxygen atoms in total. The molecule has 3 atom stereocenters. The van der Waals surface area contributed by atoms with Crippen LogP contribution in [0.25, 0.3) is 0 Å². The Morgan fingerprint density at radius 2 is 1.88 bits per heavy atom. The van der Waals surface area contributed by atoms with Gasteiger partial charge < -0.3 is 10.1 Å². The Morgan fingerprint density at radius 3 is 2.50 bits per heavy atom. The summed E-state index contributed by atoms with van der Waals surface area (Å²) in [4.78, 5) is 12.2. The average Bonchev–Trinajstić information content (AvgIpc) is 2.59. The number of carbonyl (C=O) groups excluding carboxylic acids is 1. The number of carbonyl (C=O) groups is 1. The Balaban J connectivity index is 1.74. The minimum absolute atomic E-state index is 0.0890. The number of hydrogen-bond donors (Lipinski definition) is 1. The van der Waals surface area contributed by atoms with Crippen LogP contribution in [-0.4, -0.2) is 61.5 Å². The van der Waals surface area contributed by atoms with Gasteiger partial charge in [-0.2, -0.15) is 4.31 Å². The molecule has 26 heavy (non-hydrogen) atoms. The minimum Gasteiger partial charge on any atom is -0.373 e.